The molecule has 1 saturated carbocycles. The first-order chi connectivity index (χ1) is 18.4. The van der Waals surface area contributed by atoms with E-state index in [4.69, 9.17) is 23.7 Å². The van der Waals surface area contributed by atoms with Gasteiger partial charge in [-0.25, -0.2) is 0 Å². The van der Waals surface area contributed by atoms with Crippen LogP contribution in [0.4, 0.5) is 0 Å². The molecule has 13 atom stereocenters. The van der Waals surface area contributed by atoms with Crippen molar-refractivity contribution < 1.29 is 53.7 Å². The van der Waals surface area contributed by atoms with E-state index >= 15 is 0 Å². The topological polar surface area (TPSA) is 161 Å². The van der Waals surface area contributed by atoms with Crippen molar-refractivity contribution >= 4 is 11.6 Å². The van der Waals surface area contributed by atoms with Gasteiger partial charge in [0.1, 0.15) is 24.4 Å². The van der Waals surface area contributed by atoms with Gasteiger partial charge in [-0.15, -0.1) is 0 Å². The van der Waals surface area contributed by atoms with Gasteiger partial charge in [-0.05, 0) is 42.7 Å². The summed E-state index contributed by atoms with van der Waals surface area (Å²) in [5.74, 6) is -1.24. The van der Waals surface area contributed by atoms with Crippen molar-refractivity contribution in [3.8, 4) is 0 Å². The summed E-state index contributed by atoms with van der Waals surface area (Å²) in [6.07, 6.45) is -5.98. The number of methoxy groups -OCH3 is 2. The Morgan fingerprint density at radius 1 is 1.03 bits per heavy atom. The summed E-state index contributed by atoms with van der Waals surface area (Å²) in [6.45, 7) is 7.14. The van der Waals surface area contributed by atoms with Gasteiger partial charge in [-0.1, -0.05) is 20.8 Å². The summed E-state index contributed by atoms with van der Waals surface area (Å²) in [5, 5.41) is 40.5. The number of allylic oxidation sites excluding steroid dienone is 4. The zero-order chi connectivity index (χ0) is 28.6. The molecular weight excluding hydrogens is 512 g/mol. The predicted octanol–water partition coefficient (Wildman–Crippen LogP) is 0.435. The largest absolute Gasteiger partial charge is 0.493 e. The third-order valence-corrected chi connectivity index (χ3v) is 10.3. The molecule has 3 aliphatic carbocycles. The first kappa shape index (κ1) is 28.7. The maximum Gasteiger partial charge on any atom is 0.203 e. The van der Waals surface area contributed by atoms with Crippen molar-refractivity contribution in [3.05, 3.63) is 23.2 Å². The molecule has 0 bridgehead atoms. The maximum absolute atomic E-state index is 14.1. The van der Waals surface area contributed by atoms with Crippen LogP contribution in [0.5, 0.6) is 0 Å². The monoisotopic (exact) mass is 552 g/mol. The van der Waals surface area contributed by atoms with Gasteiger partial charge in [0.05, 0.1) is 26.9 Å². The first-order valence-corrected chi connectivity index (χ1v) is 13.6. The Bertz CT molecular complexity index is 1080. The molecule has 2 saturated heterocycles. The summed E-state index contributed by atoms with van der Waals surface area (Å²) in [5.41, 5.74) is -1.08. The van der Waals surface area contributed by atoms with Crippen molar-refractivity contribution in [1.29, 1.82) is 0 Å². The highest BCUT2D eigenvalue weighted by Crippen LogP contribution is 2.67. The normalized spacial score (nSPS) is 49.7. The number of carbonyl (C=O) groups is 2. The summed E-state index contributed by atoms with van der Waals surface area (Å²) in [6, 6.07) is 0. The second-order valence-electron chi connectivity index (χ2n) is 12.1. The highest BCUT2D eigenvalue weighted by molar-refractivity contribution is 6.07. The smallest absolute Gasteiger partial charge is 0.203 e. The zero-order valence-electron chi connectivity index (χ0n) is 23.2. The highest BCUT2D eigenvalue weighted by atomic mass is 16.8. The van der Waals surface area contributed by atoms with Gasteiger partial charge in [0.25, 0.3) is 0 Å². The van der Waals surface area contributed by atoms with Crippen molar-refractivity contribution in [2.45, 2.75) is 83.6 Å². The Morgan fingerprint density at radius 2 is 1.72 bits per heavy atom. The number of carbonyl (C=O) groups excluding carboxylic acids is 2. The van der Waals surface area contributed by atoms with E-state index in [0.717, 1.165) is 5.57 Å². The Balaban J connectivity index is 1.55. The van der Waals surface area contributed by atoms with E-state index in [1.54, 1.807) is 0 Å². The Hall–Kier alpha value is -1.86. The van der Waals surface area contributed by atoms with Crippen LogP contribution in [0.15, 0.2) is 23.2 Å². The lowest BCUT2D eigenvalue weighted by molar-refractivity contribution is -0.364. The molecule has 2 aliphatic heterocycles. The van der Waals surface area contributed by atoms with Gasteiger partial charge in [-0.2, -0.15) is 0 Å². The molecule has 0 aromatic carbocycles. The van der Waals surface area contributed by atoms with Crippen LogP contribution in [0.3, 0.4) is 0 Å². The van der Waals surface area contributed by atoms with Crippen molar-refractivity contribution in [2.24, 2.45) is 34.5 Å². The van der Waals surface area contributed by atoms with E-state index in [-0.39, 0.29) is 47.3 Å². The van der Waals surface area contributed by atoms with Gasteiger partial charge in [0, 0.05) is 23.2 Å². The molecular formula is C28H40O11. The van der Waals surface area contributed by atoms with Crippen molar-refractivity contribution in [3.63, 3.8) is 0 Å². The number of hydrogen-bond acceptors (Lipinski definition) is 11. The summed E-state index contributed by atoms with van der Waals surface area (Å²) >= 11 is 0. The molecule has 0 amide bonds. The fourth-order valence-corrected chi connectivity index (χ4v) is 8.37. The number of hydrogen-bond donors (Lipinski definition) is 4. The molecule has 0 unspecified atom stereocenters. The van der Waals surface area contributed by atoms with Gasteiger partial charge in [0.15, 0.2) is 24.1 Å². The average Bonchev–Trinajstić information content (AvgIpc) is 2.90. The van der Waals surface area contributed by atoms with Gasteiger partial charge < -0.3 is 44.1 Å². The number of fused-ring (bicyclic) bond motifs is 2. The summed E-state index contributed by atoms with van der Waals surface area (Å²) in [4.78, 5) is 28.0. The van der Waals surface area contributed by atoms with E-state index in [1.165, 1.54) is 14.2 Å². The lowest BCUT2D eigenvalue weighted by atomic mass is 9.40. The summed E-state index contributed by atoms with van der Waals surface area (Å²) in [7, 11) is 2.92. The number of Topliss-reactive ketones (excluding diaryl/α,β-unsaturated/α-hetero) is 2. The van der Waals surface area contributed by atoms with Crippen LogP contribution in [0.2, 0.25) is 0 Å². The number of aliphatic hydroxyl groups is 4. The lowest BCUT2D eigenvalue weighted by Crippen LogP contribution is -2.70. The molecule has 5 aliphatic rings. The molecule has 2 heterocycles. The minimum atomic E-state index is -1.58. The number of rotatable bonds is 5. The molecule has 11 heteroatoms. The molecule has 39 heavy (non-hydrogen) atoms. The predicted molar refractivity (Wildman–Crippen MR) is 133 cm³/mol. The van der Waals surface area contributed by atoms with Gasteiger partial charge >= 0.3 is 0 Å². The van der Waals surface area contributed by atoms with E-state index < -0.39 is 66.5 Å². The minimum absolute atomic E-state index is 0.0770. The zero-order valence-corrected chi connectivity index (χ0v) is 23.2. The molecule has 3 fully saturated rings. The first-order valence-electron chi connectivity index (χ1n) is 13.6. The molecule has 0 aromatic rings. The second kappa shape index (κ2) is 9.90. The quantitative estimate of drug-likeness (QED) is 0.374. The molecule has 4 N–H and O–H groups in total. The standard InChI is InChI=1S/C28H40O11/c1-11-7-15(35-5)25(34)28(4)13(11)8-17-27(3)14(12(2)23(36-6)22(33)24(27)28)9-18(38-17)39-26-21(32)20(31)19(30)16(10-29)37-26/h7,11,13-14,16-21,24,26,29-32H,8-10H2,1-6H3/t11-,13+,14+,16-,17-,18+,19-,20+,21-,24+,26+,27-,28+/m1/s1. The molecule has 0 aromatic heterocycles. The van der Waals surface area contributed by atoms with Crippen LogP contribution >= 0.6 is 0 Å². The third-order valence-electron chi connectivity index (χ3n) is 10.3. The highest BCUT2D eigenvalue weighted by Gasteiger charge is 2.71. The SMILES string of the molecule is COC1=C[C@@H](C)[C@@H]2C[C@H]3O[C@@H](O[C@@H]4O[C@H](CO)[C@@H](O)[C@H](O)[C@H]4O)C[C@H]4C(C)=C(OC)C(=O)[C@H]([C@@]2(C)C1=O)[C@@]34C. The van der Waals surface area contributed by atoms with Crippen LogP contribution in [-0.2, 0) is 33.3 Å². The van der Waals surface area contributed by atoms with E-state index in [9.17, 15) is 30.0 Å². The van der Waals surface area contributed by atoms with Crippen LogP contribution in [-0.4, -0.2) is 95.9 Å². The number of aliphatic hydroxyl groups excluding tert-OH is 4. The Labute approximate surface area is 227 Å². The van der Waals surface area contributed by atoms with Crippen LogP contribution in [0.1, 0.15) is 40.5 Å². The second-order valence-corrected chi connectivity index (χ2v) is 12.1. The fraction of sp³-hybridized carbons (Fsp3) is 0.786. The molecule has 0 radical (unpaired) electrons. The van der Waals surface area contributed by atoms with Gasteiger partial charge in [-0.3, -0.25) is 9.59 Å². The summed E-state index contributed by atoms with van der Waals surface area (Å²) < 4.78 is 29.2. The molecule has 5 rings (SSSR count). The minimum Gasteiger partial charge on any atom is -0.493 e. The molecule has 11 nitrogen and oxygen atoms in total. The fourth-order valence-electron chi connectivity index (χ4n) is 8.37. The van der Waals surface area contributed by atoms with E-state index in [0.29, 0.717) is 6.42 Å². The van der Waals surface area contributed by atoms with Crippen LogP contribution in [0, 0.1) is 34.5 Å². The lowest BCUT2D eigenvalue weighted by Gasteiger charge is -2.65. The third kappa shape index (κ3) is 3.88. The van der Waals surface area contributed by atoms with Crippen molar-refractivity contribution in [2.75, 3.05) is 20.8 Å². The Morgan fingerprint density at radius 3 is 2.33 bits per heavy atom. The van der Waals surface area contributed by atoms with E-state index in [1.807, 2.05) is 33.8 Å². The van der Waals surface area contributed by atoms with Gasteiger partial charge in [0.2, 0.25) is 11.6 Å². The average molecular weight is 553 g/mol. The Kier molecular flexibility index (Phi) is 7.28. The number of ether oxygens (including phenoxy) is 5. The van der Waals surface area contributed by atoms with Crippen molar-refractivity contribution in [1.82, 2.24) is 0 Å². The van der Waals surface area contributed by atoms with Crippen LogP contribution in [0.25, 0.3) is 0 Å². The molecule has 218 valence electrons. The maximum atomic E-state index is 14.1. The number of ketones is 2. The molecule has 0 spiro atoms. The van der Waals surface area contributed by atoms with E-state index in [2.05, 4.69) is 0 Å². The van der Waals surface area contributed by atoms with Crippen LogP contribution < -0.4 is 0 Å².